The topological polar surface area (TPSA) is 0 Å². The number of hydrogen-bond acceptors (Lipinski definition) is 0. The van der Waals surface area contributed by atoms with E-state index in [2.05, 4.69) is 81.6 Å². The van der Waals surface area contributed by atoms with Crippen LogP contribution in [0, 0.1) is 17.8 Å². The Labute approximate surface area is 180 Å². The number of unbranched alkanes of at least 4 members (excludes halogenated alkanes) is 2. The van der Waals surface area contributed by atoms with Gasteiger partial charge in [0.2, 0.25) is 0 Å². The minimum absolute atomic E-state index is 0.695. The average Bonchev–Trinajstić information content (AvgIpc) is 3.30. The second-order valence-corrected chi connectivity index (χ2v) is 15.4. The Bertz CT molecular complexity index is 796. The van der Waals surface area contributed by atoms with Crippen LogP contribution in [0.15, 0.2) is 54.6 Å². The van der Waals surface area contributed by atoms with E-state index in [4.69, 9.17) is 0 Å². The average molecular weight is 405 g/mol. The maximum absolute atomic E-state index is 2.73. The molecule has 29 heavy (non-hydrogen) atoms. The van der Waals surface area contributed by atoms with E-state index in [1.165, 1.54) is 44.9 Å². The maximum Gasteiger partial charge on any atom is 0.0633 e. The third kappa shape index (κ3) is 3.88. The first-order valence-electron chi connectivity index (χ1n) is 12.2. The Balaban J connectivity index is 1.64. The predicted molar refractivity (Wildman–Crippen MR) is 131 cm³/mol. The molecule has 156 valence electrons. The van der Waals surface area contributed by atoms with Gasteiger partial charge < -0.3 is 0 Å². The van der Waals surface area contributed by atoms with Crippen LogP contribution >= 0.6 is 0 Å². The van der Waals surface area contributed by atoms with Gasteiger partial charge in [-0.25, -0.2) is 0 Å². The minimum Gasteiger partial charge on any atom is -0.0808 e. The Morgan fingerprint density at radius 1 is 0.931 bits per heavy atom. The highest BCUT2D eigenvalue weighted by Crippen LogP contribution is 2.58. The van der Waals surface area contributed by atoms with E-state index in [9.17, 15) is 0 Å². The quantitative estimate of drug-likeness (QED) is 0.381. The largest absolute Gasteiger partial charge is 0.0808 e. The van der Waals surface area contributed by atoms with E-state index in [1.54, 1.807) is 16.7 Å². The zero-order chi connectivity index (χ0) is 20.4. The summed E-state index contributed by atoms with van der Waals surface area (Å²) in [5, 5.41) is 0. The number of fused-ring (bicyclic) bond motifs is 2. The lowest BCUT2D eigenvalue weighted by Crippen LogP contribution is -2.41. The second-order valence-electron chi connectivity index (χ2n) is 10.4. The van der Waals surface area contributed by atoms with Gasteiger partial charge in [-0.15, -0.1) is 0 Å². The van der Waals surface area contributed by atoms with E-state index < -0.39 is 8.07 Å². The van der Waals surface area contributed by atoms with Gasteiger partial charge >= 0.3 is 0 Å². The molecule has 1 aromatic rings. The van der Waals surface area contributed by atoms with Crippen molar-refractivity contribution in [1.82, 2.24) is 0 Å². The Morgan fingerprint density at radius 3 is 2.41 bits per heavy atom. The van der Waals surface area contributed by atoms with Gasteiger partial charge in [0.25, 0.3) is 0 Å². The number of rotatable bonds is 8. The van der Waals surface area contributed by atoms with Crippen molar-refractivity contribution in [1.29, 1.82) is 0 Å². The van der Waals surface area contributed by atoms with Crippen LogP contribution in [0.3, 0.4) is 0 Å². The van der Waals surface area contributed by atoms with Crippen LogP contribution in [-0.4, -0.2) is 8.07 Å². The van der Waals surface area contributed by atoms with Crippen LogP contribution in [-0.2, 0) is 0 Å². The van der Waals surface area contributed by atoms with E-state index in [-0.39, 0.29) is 0 Å². The molecule has 0 N–H and O–H groups in total. The fraction of sp³-hybridized carbons (Fsp3) is 0.571. The lowest BCUT2D eigenvalue weighted by molar-refractivity contribution is 0.383. The Hall–Kier alpha value is -1.34. The van der Waals surface area contributed by atoms with E-state index >= 15 is 0 Å². The highest BCUT2D eigenvalue weighted by molar-refractivity contribution is 6.81. The van der Waals surface area contributed by atoms with Crippen molar-refractivity contribution >= 4 is 13.6 Å². The Kier molecular flexibility index (Phi) is 6.34. The first-order valence-corrected chi connectivity index (χ1v) is 15.4. The van der Waals surface area contributed by atoms with E-state index in [1.807, 2.05) is 0 Å². The van der Waals surface area contributed by atoms with E-state index in [0.717, 1.165) is 23.3 Å². The summed E-state index contributed by atoms with van der Waals surface area (Å²) in [5.74, 6) is 2.48. The fourth-order valence-electron chi connectivity index (χ4n) is 6.60. The summed E-state index contributed by atoms with van der Waals surface area (Å²) >= 11 is 0. The summed E-state index contributed by atoms with van der Waals surface area (Å²) in [6.07, 6.45) is 22.0. The smallest absolute Gasteiger partial charge is 0.0633 e. The molecule has 0 aliphatic heterocycles. The molecule has 3 aliphatic carbocycles. The molecule has 1 saturated carbocycles. The third-order valence-electron chi connectivity index (χ3n) is 8.28. The molecule has 1 heteroatoms. The molecule has 0 radical (unpaired) electrons. The molecule has 0 saturated heterocycles. The van der Waals surface area contributed by atoms with Crippen LogP contribution in [0.2, 0.25) is 18.6 Å². The number of benzene rings is 1. The molecule has 0 nitrogen and oxygen atoms in total. The monoisotopic (exact) mass is 404 g/mol. The van der Waals surface area contributed by atoms with Crippen molar-refractivity contribution < 1.29 is 0 Å². The van der Waals surface area contributed by atoms with Gasteiger partial charge in [-0.2, -0.15) is 0 Å². The molecule has 5 unspecified atom stereocenters. The zero-order valence-electron chi connectivity index (χ0n) is 19.0. The van der Waals surface area contributed by atoms with Crippen LogP contribution in [0.25, 0.3) is 5.57 Å². The lowest BCUT2D eigenvalue weighted by Gasteiger charge is -2.39. The summed E-state index contributed by atoms with van der Waals surface area (Å²) in [6.45, 7) is 10.1. The molecule has 0 heterocycles. The lowest BCUT2D eigenvalue weighted by atomic mass is 9.84. The molecule has 0 aromatic heterocycles. The molecule has 4 rings (SSSR count). The van der Waals surface area contributed by atoms with Gasteiger partial charge in [-0.1, -0.05) is 101 Å². The SMILES string of the molecule is CCCCC1=CC([Si](C)(C)C2CC(CCCC)C3C=CC=CC32)c2ccccc21. The molecule has 0 bridgehead atoms. The maximum atomic E-state index is 2.73. The molecule has 1 fully saturated rings. The van der Waals surface area contributed by atoms with Gasteiger partial charge in [0.05, 0.1) is 8.07 Å². The fourth-order valence-corrected chi connectivity index (χ4v) is 11.0. The van der Waals surface area contributed by atoms with Crippen LogP contribution in [0.1, 0.15) is 75.5 Å². The highest BCUT2D eigenvalue weighted by Gasteiger charge is 2.51. The third-order valence-corrected chi connectivity index (χ3v) is 12.9. The number of allylic oxidation sites excluding steroid dienone is 6. The summed E-state index contributed by atoms with van der Waals surface area (Å²) in [4.78, 5) is 0. The van der Waals surface area contributed by atoms with Crippen molar-refractivity contribution in [2.75, 3.05) is 0 Å². The van der Waals surface area contributed by atoms with Gasteiger partial charge in [0, 0.05) is 0 Å². The molecule has 0 amide bonds. The molecule has 5 atom stereocenters. The van der Waals surface area contributed by atoms with Crippen molar-refractivity contribution in [3.05, 3.63) is 65.8 Å². The first-order chi connectivity index (χ1) is 14.1. The zero-order valence-corrected chi connectivity index (χ0v) is 20.0. The van der Waals surface area contributed by atoms with Gasteiger partial charge in [-0.05, 0) is 71.2 Å². The van der Waals surface area contributed by atoms with Crippen LogP contribution in [0.5, 0.6) is 0 Å². The Morgan fingerprint density at radius 2 is 1.66 bits per heavy atom. The van der Waals surface area contributed by atoms with Gasteiger partial charge in [0.15, 0.2) is 0 Å². The van der Waals surface area contributed by atoms with Gasteiger partial charge in [-0.3, -0.25) is 0 Å². The molecule has 0 spiro atoms. The van der Waals surface area contributed by atoms with Crippen LogP contribution < -0.4 is 0 Å². The standard InChI is InChI=1S/C28H40Si/c1-5-7-13-21-19-27(25-17-11-9-15-23(21)25)29(3,4)28-20-22(14-8-6-2)24-16-10-12-18-26(24)28/h9-12,15-19,22,24,26-28H,5-8,13-14,20H2,1-4H3. The molecular formula is C28H40Si. The number of hydrogen-bond donors (Lipinski definition) is 0. The summed E-state index contributed by atoms with van der Waals surface area (Å²) in [5.41, 5.74) is 6.46. The summed E-state index contributed by atoms with van der Waals surface area (Å²) in [7, 11) is -1.52. The highest BCUT2D eigenvalue weighted by atomic mass is 28.3. The summed E-state index contributed by atoms with van der Waals surface area (Å²) < 4.78 is 0. The first kappa shape index (κ1) is 20.9. The second kappa shape index (κ2) is 8.80. The van der Waals surface area contributed by atoms with Crippen molar-refractivity contribution in [3.8, 4) is 0 Å². The van der Waals surface area contributed by atoms with Crippen molar-refractivity contribution in [2.45, 2.75) is 83.0 Å². The minimum atomic E-state index is -1.52. The molecule has 3 aliphatic rings. The van der Waals surface area contributed by atoms with Gasteiger partial charge in [0.1, 0.15) is 0 Å². The summed E-state index contributed by atoms with van der Waals surface area (Å²) in [6, 6.07) is 9.36. The molecule has 1 aromatic carbocycles. The van der Waals surface area contributed by atoms with E-state index in [0.29, 0.717) is 5.54 Å². The normalized spacial score (nSPS) is 30.3. The molecular weight excluding hydrogens is 364 g/mol. The van der Waals surface area contributed by atoms with Crippen molar-refractivity contribution in [3.63, 3.8) is 0 Å². The van der Waals surface area contributed by atoms with Crippen molar-refractivity contribution in [2.24, 2.45) is 17.8 Å². The predicted octanol–water partition coefficient (Wildman–Crippen LogP) is 8.54. The van der Waals surface area contributed by atoms with Crippen LogP contribution in [0.4, 0.5) is 0 Å².